The lowest BCUT2D eigenvalue weighted by Gasteiger charge is -2.20. The number of amides is 1. The molecule has 1 amide bonds. The van der Waals surface area contributed by atoms with Crippen molar-refractivity contribution in [3.05, 3.63) is 40.7 Å². The van der Waals surface area contributed by atoms with Crippen molar-refractivity contribution >= 4 is 29.4 Å². The number of carbonyl (C=O) groups is 2. The van der Waals surface area contributed by atoms with Crippen LogP contribution in [-0.4, -0.2) is 26.6 Å². The predicted molar refractivity (Wildman–Crippen MR) is 68.2 cm³/mol. The third kappa shape index (κ3) is 1.90. The number of fused-ring (bicyclic) bond motifs is 1. The third-order valence-corrected chi connectivity index (χ3v) is 3.08. The van der Waals surface area contributed by atoms with E-state index in [1.165, 1.54) is 0 Å². The minimum absolute atomic E-state index is 0.158. The number of hydrogen-bond donors (Lipinski definition) is 1. The van der Waals surface area contributed by atoms with E-state index in [1.807, 2.05) is 0 Å². The van der Waals surface area contributed by atoms with Crippen molar-refractivity contribution in [1.29, 1.82) is 0 Å². The molecule has 2 aromatic rings. The molecule has 0 saturated heterocycles. The predicted octanol–water partition coefficient (Wildman–Crippen LogP) is 1.62. The number of benzene rings is 1. The van der Waals surface area contributed by atoms with Crippen molar-refractivity contribution in [3.63, 3.8) is 0 Å². The van der Waals surface area contributed by atoms with Gasteiger partial charge in [0, 0.05) is 5.02 Å². The molecule has 0 aliphatic carbocycles. The van der Waals surface area contributed by atoms with Crippen molar-refractivity contribution in [2.45, 2.75) is 12.8 Å². The van der Waals surface area contributed by atoms with Crippen molar-refractivity contribution in [1.82, 2.24) is 14.8 Å². The van der Waals surface area contributed by atoms with Crippen LogP contribution in [-0.2, 0) is 4.79 Å². The second kappa shape index (κ2) is 4.17. The summed E-state index contributed by atoms with van der Waals surface area (Å²) in [5, 5.41) is 7.01. The maximum atomic E-state index is 12.3. The van der Waals surface area contributed by atoms with Crippen LogP contribution in [0.2, 0.25) is 5.02 Å². The maximum absolute atomic E-state index is 12.3. The van der Waals surface area contributed by atoms with Crippen LogP contribution in [0.15, 0.2) is 24.3 Å². The zero-order chi connectivity index (χ0) is 13.6. The van der Waals surface area contributed by atoms with Crippen LogP contribution in [0, 0.1) is 6.92 Å². The van der Waals surface area contributed by atoms with E-state index in [4.69, 9.17) is 11.6 Å². The Morgan fingerprint density at radius 3 is 2.89 bits per heavy atom. The van der Waals surface area contributed by atoms with Crippen LogP contribution in [0.4, 0.5) is 5.95 Å². The molecule has 1 aliphatic rings. The number of aromatic nitrogens is 3. The average Bonchev–Trinajstić information content (AvgIpc) is 2.70. The number of carbonyl (C=O) groups excluding carboxylic acids is 2. The highest BCUT2D eigenvalue weighted by Gasteiger charge is 2.37. The van der Waals surface area contributed by atoms with Gasteiger partial charge in [-0.1, -0.05) is 23.7 Å². The molecule has 96 valence electrons. The highest BCUT2D eigenvalue weighted by molar-refractivity contribution is 6.30. The molecule has 1 atom stereocenters. The highest BCUT2D eigenvalue weighted by Crippen LogP contribution is 2.27. The van der Waals surface area contributed by atoms with Gasteiger partial charge in [0.2, 0.25) is 11.9 Å². The lowest BCUT2D eigenvalue weighted by atomic mass is 9.96. The summed E-state index contributed by atoms with van der Waals surface area (Å²) < 4.78 is 1.11. The van der Waals surface area contributed by atoms with Crippen LogP contribution >= 0.6 is 11.6 Å². The first-order valence-corrected chi connectivity index (χ1v) is 5.98. The Morgan fingerprint density at radius 2 is 2.16 bits per heavy atom. The molecule has 0 radical (unpaired) electrons. The van der Waals surface area contributed by atoms with Gasteiger partial charge in [0.1, 0.15) is 11.7 Å². The van der Waals surface area contributed by atoms with Gasteiger partial charge in [0.15, 0.2) is 0 Å². The molecular weight excluding hydrogens is 268 g/mol. The molecule has 0 bridgehead atoms. The van der Waals surface area contributed by atoms with E-state index in [1.54, 1.807) is 31.2 Å². The molecule has 1 aromatic heterocycles. The number of rotatable bonds is 1. The number of aryl methyl sites for hydroxylation is 1. The zero-order valence-corrected chi connectivity index (χ0v) is 10.7. The van der Waals surface area contributed by atoms with Crippen LogP contribution in [0.1, 0.15) is 22.1 Å². The van der Waals surface area contributed by atoms with Gasteiger partial charge in [-0.05, 0) is 24.6 Å². The van der Waals surface area contributed by atoms with Crippen molar-refractivity contribution in [2.75, 3.05) is 5.32 Å². The Kier molecular flexibility index (Phi) is 2.60. The molecule has 6 nitrogen and oxygen atoms in total. The Bertz CT molecular complexity index is 695. The Morgan fingerprint density at radius 1 is 1.37 bits per heavy atom. The molecule has 1 aromatic carbocycles. The molecule has 0 saturated carbocycles. The van der Waals surface area contributed by atoms with E-state index in [2.05, 4.69) is 15.4 Å². The van der Waals surface area contributed by atoms with Crippen LogP contribution in [0.3, 0.4) is 0 Å². The SMILES string of the molecule is Cc1nc2n(n1)C(=O)C(c1cccc(Cl)c1)C(=O)N2. The van der Waals surface area contributed by atoms with Crippen LogP contribution in [0.25, 0.3) is 0 Å². The minimum atomic E-state index is -0.952. The zero-order valence-electron chi connectivity index (χ0n) is 9.92. The van der Waals surface area contributed by atoms with E-state index < -0.39 is 17.7 Å². The first-order chi connectivity index (χ1) is 9.06. The highest BCUT2D eigenvalue weighted by atomic mass is 35.5. The molecule has 7 heteroatoms. The van der Waals surface area contributed by atoms with E-state index in [9.17, 15) is 9.59 Å². The average molecular weight is 277 g/mol. The molecular formula is C12H9ClN4O2. The first kappa shape index (κ1) is 11.9. The molecule has 19 heavy (non-hydrogen) atoms. The summed E-state index contributed by atoms with van der Waals surface area (Å²) in [6.45, 7) is 1.65. The fourth-order valence-corrected chi connectivity index (χ4v) is 2.25. The summed E-state index contributed by atoms with van der Waals surface area (Å²) in [5.41, 5.74) is 0.536. The number of anilines is 1. The number of hydrogen-bond acceptors (Lipinski definition) is 4. The normalized spacial score (nSPS) is 18.1. The lowest BCUT2D eigenvalue weighted by molar-refractivity contribution is -0.117. The summed E-state index contributed by atoms with van der Waals surface area (Å²) in [6.07, 6.45) is 0. The summed E-state index contributed by atoms with van der Waals surface area (Å²) in [7, 11) is 0. The van der Waals surface area contributed by atoms with Crippen molar-refractivity contribution in [2.24, 2.45) is 0 Å². The topological polar surface area (TPSA) is 76.9 Å². The fourth-order valence-electron chi connectivity index (χ4n) is 2.05. The van der Waals surface area contributed by atoms with Crippen molar-refractivity contribution in [3.8, 4) is 0 Å². The van der Waals surface area contributed by atoms with Gasteiger partial charge in [-0.15, -0.1) is 5.10 Å². The maximum Gasteiger partial charge on any atom is 0.267 e. The third-order valence-electron chi connectivity index (χ3n) is 2.85. The van der Waals surface area contributed by atoms with E-state index in [0.29, 0.717) is 16.4 Å². The van der Waals surface area contributed by atoms with Gasteiger partial charge < -0.3 is 0 Å². The van der Waals surface area contributed by atoms with Gasteiger partial charge in [0.25, 0.3) is 5.91 Å². The number of nitrogens with zero attached hydrogens (tertiary/aromatic N) is 3. The Balaban J connectivity index is 2.09. The standard InChI is InChI=1S/C12H9ClN4O2/c1-6-14-12-15-10(18)9(11(19)17(12)16-6)7-3-2-4-8(13)5-7/h2-5,9H,1H3,(H,14,15,16,18). The summed E-state index contributed by atoms with van der Waals surface area (Å²) in [6, 6.07) is 6.66. The quantitative estimate of drug-likeness (QED) is 0.803. The summed E-state index contributed by atoms with van der Waals surface area (Å²) in [5.74, 6) is -1.22. The summed E-state index contributed by atoms with van der Waals surface area (Å²) >= 11 is 5.89. The van der Waals surface area contributed by atoms with E-state index in [-0.39, 0.29) is 5.95 Å². The van der Waals surface area contributed by atoms with Gasteiger partial charge in [-0.3, -0.25) is 14.9 Å². The molecule has 1 N–H and O–H groups in total. The largest absolute Gasteiger partial charge is 0.293 e. The minimum Gasteiger partial charge on any atom is -0.293 e. The second-order valence-electron chi connectivity index (χ2n) is 4.21. The smallest absolute Gasteiger partial charge is 0.267 e. The molecule has 3 rings (SSSR count). The Labute approximate surface area is 113 Å². The van der Waals surface area contributed by atoms with Gasteiger partial charge >= 0.3 is 0 Å². The van der Waals surface area contributed by atoms with Gasteiger partial charge in [-0.2, -0.15) is 9.67 Å². The number of nitrogens with one attached hydrogen (secondary N) is 1. The lowest BCUT2D eigenvalue weighted by Crippen LogP contribution is -2.38. The monoisotopic (exact) mass is 276 g/mol. The first-order valence-electron chi connectivity index (χ1n) is 5.60. The van der Waals surface area contributed by atoms with Crippen molar-refractivity contribution < 1.29 is 9.59 Å². The fraction of sp³-hybridized carbons (Fsp3) is 0.167. The summed E-state index contributed by atoms with van der Waals surface area (Å²) in [4.78, 5) is 28.3. The molecule has 1 unspecified atom stereocenters. The van der Waals surface area contributed by atoms with Gasteiger partial charge in [-0.25, -0.2) is 0 Å². The van der Waals surface area contributed by atoms with Crippen LogP contribution < -0.4 is 5.32 Å². The molecule has 0 fully saturated rings. The van der Waals surface area contributed by atoms with Gasteiger partial charge in [0.05, 0.1) is 0 Å². The van der Waals surface area contributed by atoms with E-state index in [0.717, 1.165) is 4.68 Å². The molecule has 2 heterocycles. The number of halogens is 1. The molecule has 0 spiro atoms. The Hall–Kier alpha value is -2.21. The van der Waals surface area contributed by atoms with Crippen LogP contribution in [0.5, 0.6) is 0 Å². The second-order valence-corrected chi connectivity index (χ2v) is 4.65. The van der Waals surface area contributed by atoms with E-state index >= 15 is 0 Å². The molecule has 1 aliphatic heterocycles.